The minimum Gasteiger partial charge on any atom is -0.494 e. The Morgan fingerprint density at radius 2 is 1.89 bits per heavy atom. The van der Waals surface area contributed by atoms with E-state index in [1.807, 2.05) is 32.0 Å². The Labute approximate surface area is 116 Å². The zero-order valence-electron chi connectivity index (χ0n) is 12.7. The minimum absolute atomic E-state index is 0.0163. The van der Waals surface area contributed by atoms with Gasteiger partial charge in [-0.3, -0.25) is 4.79 Å². The van der Waals surface area contributed by atoms with Gasteiger partial charge in [-0.05, 0) is 57.4 Å². The highest BCUT2D eigenvalue weighted by molar-refractivity contribution is 5.95. The summed E-state index contributed by atoms with van der Waals surface area (Å²) in [4.78, 5) is 12.2. The molecule has 0 fully saturated rings. The number of carbonyl (C=O) groups excluding carboxylic acids is 1. The van der Waals surface area contributed by atoms with E-state index in [0.717, 1.165) is 24.2 Å². The van der Waals surface area contributed by atoms with Gasteiger partial charge in [-0.2, -0.15) is 0 Å². The Hall–Kier alpha value is -1.51. The fourth-order valence-corrected chi connectivity index (χ4v) is 1.88. The third kappa shape index (κ3) is 3.98. The van der Waals surface area contributed by atoms with Crippen molar-refractivity contribution in [3.63, 3.8) is 0 Å². The van der Waals surface area contributed by atoms with E-state index in [2.05, 4.69) is 26.1 Å². The van der Waals surface area contributed by atoms with Crippen molar-refractivity contribution in [1.29, 1.82) is 0 Å². The highest BCUT2D eigenvalue weighted by Gasteiger charge is 2.22. The quantitative estimate of drug-likeness (QED) is 0.849. The molecule has 0 heterocycles. The normalized spacial score (nSPS) is 11.2. The van der Waals surface area contributed by atoms with Gasteiger partial charge in [-0.15, -0.1) is 0 Å². The van der Waals surface area contributed by atoms with Crippen molar-refractivity contribution in [3.8, 4) is 5.75 Å². The molecule has 1 aromatic rings. The molecule has 0 aliphatic rings. The van der Waals surface area contributed by atoms with E-state index in [4.69, 9.17) is 4.74 Å². The molecule has 106 valence electrons. The first kappa shape index (κ1) is 15.5. The molecule has 0 bridgehead atoms. The molecule has 0 saturated carbocycles. The molecule has 0 aliphatic carbocycles. The molecule has 0 saturated heterocycles. The second kappa shape index (κ2) is 6.60. The number of hydrogen-bond donors (Lipinski definition) is 1. The van der Waals surface area contributed by atoms with Gasteiger partial charge in [0, 0.05) is 11.1 Å². The molecular formula is C16H25NO2. The molecule has 0 spiro atoms. The molecule has 3 heteroatoms. The van der Waals surface area contributed by atoms with Gasteiger partial charge < -0.3 is 10.1 Å². The summed E-state index contributed by atoms with van der Waals surface area (Å²) in [6.45, 7) is 10.8. The smallest absolute Gasteiger partial charge is 0.251 e. The zero-order valence-corrected chi connectivity index (χ0v) is 12.7. The van der Waals surface area contributed by atoms with E-state index in [-0.39, 0.29) is 11.4 Å². The summed E-state index contributed by atoms with van der Waals surface area (Å²) in [5.74, 6) is 0.824. The minimum atomic E-state index is -0.135. The van der Waals surface area contributed by atoms with Crippen molar-refractivity contribution >= 4 is 5.91 Å². The monoisotopic (exact) mass is 263 g/mol. The summed E-state index contributed by atoms with van der Waals surface area (Å²) < 4.78 is 5.48. The maximum Gasteiger partial charge on any atom is 0.251 e. The highest BCUT2D eigenvalue weighted by Crippen LogP contribution is 2.20. The van der Waals surface area contributed by atoms with Gasteiger partial charge in [0.05, 0.1) is 6.61 Å². The lowest BCUT2D eigenvalue weighted by Crippen LogP contribution is -2.44. The molecular weight excluding hydrogens is 238 g/mol. The molecule has 0 aliphatic heterocycles. The number of ether oxygens (including phenoxy) is 1. The molecule has 0 atom stereocenters. The van der Waals surface area contributed by atoms with Crippen molar-refractivity contribution in [2.45, 2.75) is 53.0 Å². The Morgan fingerprint density at radius 3 is 2.37 bits per heavy atom. The van der Waals surface area contributed by atoms with Crippen LogP contribution in [-0.4, -0.2) is 18.1 Å². The molecule has 3 nitrogen and oxygen atoms in total. The Kier molecular flexibility index (Phi) is 5.40. The van der Waals surface area contributed by atoms with E-state index >= 15 is 0 Å². The van der Waals surface area contributed by atoms with Gasteiger partial charge in [-0.25, -0.2) is 0 Å². The number of aryl methyl sites for hydroxylation is 1. The van der Waals surface area contributed by atoms with Gasteiger partial charge in [0.2, 0.25) is 0 Å². The third-order valence-electron chi connectivity index (χ3n) is 3.71. The van der Waals surface area contributed by atoms with Crippen LogP contribution in [0, 0.1) is 6.92 Å². The van der Waals surface area contributed by atoms with Crippen LogP contribution in [0.3, 0.4) is 0 Å². The number of hydrogen-bond acceptors (Lipinski definition) is 2. The van der Waals surface area contributed by atoms with Gasteiger partial charge in [0.1, 0.15) is 5.75 Å². The topological polar surface area (TPSA) is 38.3 Å². The van der Waals surface area contributed by atoms with E-state index in [1.165, 1.54) is 0 Å². The van der Waals surface area contributed by atoms with Crippen LogP contribution >= 0.6 is 0 Å². The molecule has 0 radical (unpaired) electrons. The SMILES string of the molecule is CCOc1ccc(C(=O)NC(C)(CC)CC)cc1C. The van der Waals surface area contributed by atoms with Crippen molar-refractivity contribution in [2.24, 2.45) is 0 Å². The Bertz CT molecular complexity index is 436. The van der Waals surface area contributed by atoms with Crippen molar-refractivity contribution in [1.82, 2.24) is 5.32 Å². The van der Waals surface area contributed by atoms with Gasteiger partial charge in [-0.1, -0.05) is 13.8 Å². The van der Waals surface area contributed by atoms with E-state index in [0.29, 0.717) is 12.2 Å². The summed E-state index contributed by atoms with van der Waals surface area (Å²) in [6, 6.07) is 5.56. The molecule has 1 aromatic carbocycles. The standard InChI is InChI=1S/C16H25NO2/c1-6-16(5,7-2)17-15(18)13-9-10-14(19-8-3)12(4)11-13/h9-11H,6-8H2,1-5H3,(H,17,18). The van der Waals surface area contributed by atoms with E-state index in [1.54, 1.807) is 0 Å². The zero-order chi connectivity index (χ0) is 14.5. The average Bonchev–Trinajstić information content (AvgIpc) is 2.41. The largest absolute Gasteiger partial charge is 0.494 e. The number of amides is 1. The summed E-state index contributed by atoms with van der Waals surface area (Å²) in [7, 11) is 0. The first-order valence-corrected chi connectivity index (χ1v) is 7.01. The summed E-state index contributed by atoms with van der Waals surface area (Å²) in [5.41, 5.74) is 1.54. The number of carbonyl (C=O) groups is 1. The fraction of sp³-hybridized carbons (Fsp3) is 0.562. The molecule has 0 aromatic heterocycles. The van der Waals surface area contributed by atoms with Crippen LogP contribution in [0.5, 0.6) is 5.75 Å². The van der Waals surface area contributed by atoms with Gasteiger partial charge in [0.15, 0.2) is 0 Å². The molecule has 1 rings (SSSR count). The van der Waals surface area contributed by atoms with Crippen molar-refractivity contribution in [3.05, 3.63) is 29.3 Å². The average molecular weight is 263 g/mol. The summed E-state index contributed by atoms with van der Waals surface area (Å²) in [6.07, 6.45) is 1.84. The molecule has 1 N–H and O–H groups in total. The number of benzene rings is 1. The van der Waals surface area contributed by atoms with E-state index in [9.17, 15) is 4.79 Å². The highest BCUT2D eigenvalue weighted by atomic mass is 16.5. The lowest BCUT2D eigenvalue weighted by atomic mass is 9.95. The number of nitrogens with one attached hydrogen (secondary N) is 1. The maximum absolute atomic E-state index is 12.2. The summed E-state index contributed by atoms with van der Waals surface area (Å²) >= 11 is 0. The van der Waals surface area contributed by atoms with Crippen molar-refractivity contribution < 1.29 is 9.53 Å². The van der Waals surface area contributed by atoms with Gasteiger partial charge in [0.25, 0.3) is 5.91 Å². The first-order chi connectivity index (χ1) is 8.95. The van der Waals surface area contributed by atoms with Crippen LogP contribution in [0.25, 0.3) is 0 Å². The van der Waals surface area contributed by atoms with Crippen LogP contribution in [0.2, 0.25) is 0 Å². The Balaban J connectivity index is 2.86. The van der Waals surface area contributed by atoms with Gasteiger partial charge >= 0.3 is 0 Å². The predicted molar refractivity (Wildman–Crippen MR) is 78.8 cm³/mol. The first-order valence-electron chi connectivity index (χ1n) is 7.01. The van der Waals surface area contributed by atoms with Crippen molar-refractivity contribution in [2.75, 3.05) is 6.61 Å². The lowest BCUT2D eigenvalue weighted by Gasteiger charge is -2.28. The van der Waals surface area contributed by atoms with Crippen LogP contribution < -0.4 is 10.1 Å². The second-order valence-corrected chi connectivity index (χ2v) is 5.14. The second-order valence-electron chi connectivity index (χ2n) is 5.14. The molecule has 19 heavy (non-hydrogen) atoms. The Morgan fingerprint density at radius 1 is 1.26 bits per heavy atom. The van der Waals surface area contributed by atoms with E-state index < -0.39 is 0 Å². The maximum atomic E-state index is 12.2. The van der Waals surface area contributed by atoms with Crippen LogP contribution in [-0.2, 0) is 0 Å². The van der Waals surface area contributed by atoms with Crippen LogP contribution in [0.15, 0.2) is 18.2 Å². The number of rotatable bonds is 6. The molecule has 1 amide bonds. The van der Waals surface area contributed by atoms with Crippen LogP contribution in [0.1, 0.15) is 56.5 Å². The third-order valence-corrected chi connectivity index (χ3v) is 3.71. The lowest BCUT2D eigenvalue weighted by molar-refractivity contribution is 0.0901. The summed E-state index contributed by atoms with van der Waals surface area (Å²) in [5, 5.41) is 3.11. The fourth-order valence-electron chi connectivity index (χ4n) is 1.88. The van der Waals surface area contributed by atoms with Crippen LogP contribution in [0.4, 0.5) is 0 Å². The predicted octanol–water partition coefficient (Wildman–Crippen LogP) is 3.70. The molecule has 0 unspecified atom stereocenters.